The maximum atomic E-state index is 12.2. The molecule has 2 aromatic carbocycles. The van der Waals surface area contributed by atoms with Gasteiger partial charge in [0.2, 0.25) is 15.9 Å². The molecule has 0 aliphatic carbocycles. The number of nitrogens with one attached hydrogen (secondary N) is 2. The minimum absolute atomic E-state index is 0.00611. The topological polar surface area (TPSA) is 119 Å². The SMILES string of the molecule is CCNC(=O)CNS(=O)(=O)c1ccc(OS(=O)(=O)c2ccc(C)cc2)cc1. The van der Waals surface area contributed by atoms with Crippen LogP contribution in [0.2, 0.25) is 0 Å². The second-order valence-electron chi connectivity index (χ2n) is 5.60. The summed E-state index contributed by atoms with van der Waals surface area (Å²) in [5, 5.41) is 2.47. The van der Waals surface area contributed by atoms with Gasteiger partial charge in [0, 0.05) is 6.54 Å². The molecule has 0 radical (unpaired) electrons. The van der Waals surface area contributed by atoms with Gasteiger partial charge in [-0.25, -0.2) is 13.1 Å². The van der Waals surface area contributed by atoms with Gasteiger partial charge < -0.3 is 9.50 Å². The minimum atomic E-state index is -4.02. The summed E-state index contributed by atoms with van der Waals surface area (Å²) in [5.74, 6) is -0.483. The normalized spacial score (nSPS) is 11.8. The van der Waals surface area contributed by atoms with Crippen LogP contribution in [0.15, 0.2) is 58.3 Å². The summed E-state index contributed by atoms with van der Waals surface area (Å²) in [4.78, 5) is 11.2. The molecule has 1 amide bonds. The highest BCUT2D eigenvalue weighted by Crippen LogP contribution is 2.21. The van der Waals surface area contributed by atoms with Gasteiger partial charge in [0.05, 0.1) is 11.4 Å². The number of sulfonamides is 1. The van der Waals surface area contributed by atoms with Crippen molar-refractivity contribution >= 4 is 26.0 Å². The molecule has 0 bridgehead atoms. The molecule has 2 N–H and O–H groups in total. The first-order chi connectivity index (χ1) is 12.6. The van der Waals surface area contributed by atoms with Crippen LogP contribution in [0, 0.1) is 6.92 Å². The highest BCUT2D eigenvalue weighted by molar-refractivity contribution is 7.89. The number of hydrogen-bond donors (Lipinski definition) is 2. The van der Waals surface area contributed by atoms with E-state index in [9.17, 15) is 21.6 Å². The minimum Gasteiger partial charge on any atom is -0.379 e. The molecular weight excluding hydrogens is 392 g/mol. The summed E-state index contributed by atoms with van der Waals surface area (Å²) in [6.07, 6.45) is 0. The van der Waals surface area contributed by atoms with E-state index in [1.54, 1.807) is 19.1 Å². The average Bonchev–Trinajstić information content (AvgIpc) is 2.61. The molecule has 0 aromatic heterocycles. The van der Waals surface area contributed by atoms with Gasteiger partial charge in [0.25, 0.3) is 0 Å². The first-order valence-electron chi connectivity index (χ1n) is 8.01. The lowest BCUT2D eigenvalue weighted by molar-refractivity contribution is -0.119. The maximum Gasteiger partial charge on any atom is 0.339 e. The Hall–Kier alpha value is -2.43. The van der Waals surface area contributed by atoms with Crippen LogP contribution in [0.4, 0.5) is 0 Å². The highest BCUT2D eigenvalue weighted by Gasteiger charge is 2.18. The molecule has 0 heterocycles. The molecule has 27 heavy (non-hydrogen) atoms. The zero-order valence-electron chi connectivity index (χ0n) is 14.8. The van der Waals surface area contributed by atoms with Crippen molar-refractivity contribution in [3.05, 3.63) is 54.1 Å². The Bertz CT molecular complexity index is 998. The number of carbonyl (C=O) groups is 1. The van der Waals surface area contributed by atoms with E-state index in [-0.39, 0.29) is 15.5 Å². The zero-order chi connectivity index (χ0) is 20.1. The third-order valence-electron chi connectivity index (χ3n) is 3.45. The lowest BCUT2D eigenvalue weighted by Gasteiger charge is -2.09. The van der Waals surface area contributed by atoms with Crippen molar-refractivity contribution in [3.8, 4) is 5.75 Å². The van der Waals surface area contributed by atoms with Crippen LogP contribution in [-0.4, -0.2) is 35.8 Å². The highest BCUT2D eigenvalue weighted by atomic mass is 32.2. The van der Waals surface area contributed by atoms with E-state index in [1.807, 2.05) is 6.92 Å². The van der Waals surface area contributed by atoms with E-state index in [0.29, 0.717) is 6.54 Å². The smallest absolute Gasteiger partial charge is 0.339 e. The van der Waals surface area contributed by atoms with Gasteiger partial charge in [0.1, 0.15) is 10.6 Å². The Morgan fingerprint density at radius 2 is 1.48 bits per heavy atom. The Morgan fingerprint density at radius 1 is 0.926 bits per heavy atom. The number of aryl methyl sites for hydroxylation is 1. The van der Waals surface area contributed by atoms with Gasteiger partial charge in [-0.3, -0.25) is 4.79 Å². The fourth-order valence-electron chi connectivity index (χ4n) is 2.06. The molecule has 0 saturated carbocycles. The molecule has 0 saturated heterocycles. The van der Waals surface area contributed by atoms with Gasteiger partial charge in [-0.2, -0.15) is 8.42 Å². The van der Waals surface area contributed by atoms with Crippen molar-refractivity contribution in [1.82, 2.24) is 10.0 Å². The van der Waals surface area contributed by atoms with Gasteiger partial charge >= 0.3 is 10.1 Å². The summed E-state index contributed by atoms with van der Waals surface area (Å²) in [5.41, 5.74) is 0.906. The van der Waals surface area contributed by atoms with Gasteiger partial charge in [-0.05, 0) is 50.2 Å². The van der Waals surface area contributed by atoms with Crippen LogP contribution in [-0.2, 0) is 24.9 Å². The Morgan fingerprint density at radius 3 is 2.04 bits per heavy atom. The standard InChI is InChI=1S/C17H20N2O6S2/c1-3-18-17(20)12-19-26(21,22)15-10-6-14(7-11-15)25-27(23,24)16-8-4-13(2)5-9-16/h4-11,19H,3,12H2,1-2H3,(H,18,20). The summed E-state index contributed by atoms with van der Waals surface area (Å²) in [6.45, 7) is 3.55. The lowest BCUT2D eigenvalue weighted by Crippen LogP contribution is -2.36. The quantitative estimate of drug-likeness (QED) is 0.629. The second kappa shape index (κ2) is 8.51. The molecule has 0 aliphatic rings. The number of hydrogen-bond acceptors (Lipinski definition) is 6. The molecule has 0 fully saturated rings. The molecule has 0 unspecified atom stereocenters. The van der Waals surface area contributed by atoms with Crippen LogP contribution < -0.4 is 14.2 Å². The Labute approximate surface area is 158 Å². The van der Waals surface area contributed by atoms with Crippen molar-refractivity contribution in [2.45, 2.75) is 23.6 Å². The van der Waals surface area contributed by atoms with Crippen molar-refractivity contribution < 1.29 is 25.8 Å². The predicted octanol–water partition coefficient (Wildman–Crippen LogP) is 1.18. The summed E-state index contributed by atoms with van der Waals surface area (Å²) >= 11 is 0. The van der Waals surface area contributed by atoms with E-state index in [0.717, 1.165) is 5.56 Å². The van der Waals surface area contributed by atoms with Crippen LogP contribution in [0.3, 0.4) is 0 Å². The lowest BCUT2D eigenvalue weighted by atomic mass is 10.2. The monoisotopic (exact) mass is 412 g/mol. The van der Waals surface area contributed by atoms with Crippen LogP contribution in [0.5, 0.6) is 5.75 Å². The van der Waals surface area contributed by atoms with E-state index in [4.69, 9.17) is 4.18 Å². The number of benzene rings is 2. The third kappa shape index (κ3) is 5.78. The van der Waals surface area contributed by atoms with Crippen LogP contribution >= 0.6 is 0 Å². The van der Waals surface area contributed by atoms with Gasteiger partial charge in [-0.1, -0.05) is 17.7 Å². The largest absolute Gasteiger partial charge is 0.379 e. The molecule has 2 aromatic rings. The van der Waals surface area contributed by atoms with Crippen LogP contribution in [0.1, 0.15) is 12.5 Å². The van der Waals surface area contributed by atoms with Gasteiger partial charge in [-0.15, -0.1) is 0 Å². The van der Waals surface area contributed by atoms with Crippen molar-refractivity contribution in [3.63, 3.8) is 0 Å². The first kappa shape index (κ1) is 20.9. The zero-order valence-corrected chi connectivity index (χ0v) is 16.4. The third-order valence-corrected chi connectivity index (χ3v) is 6.12. The fraction of sp³-hybridized carbons (Fsp3) is 0.235. The fourth-order valence-corrected chi connectivity index (χ4v) is 3.97. The second-order valence-corrected chi connectivity index (χ2v) is 8.91. The van der Waals surface area contributed by atoms with Crippen molar-refractivity contribution in [2.24, 2.45) is 0 Å². The Balaban J connectivity index is 2.10. The van der Waals surface area contributed by atoms with Gasteiger partial charge in [0.15, 0.2) is 0 Å². The maximum absolute atomic E-state index is 12.2. The molecule has 8 nitrogen and oxygen atoms in total. The molecular formula is C17H20N2O6S2. The molecule has 0 atom stereocenters. The molecule has 146 valence electrons. The number of carbonyl (C=O) groups excluding carboxylic acids is 1. The first-order valence-corrected chi connectivity index (χ1v) is 10.9. The number of amides is 1. The van der Waals surface area contributed by atoms with E-state index >= 15 is 0 Å². The van der Waals surface area contributed by atoms with Crippen molar-refractivity contribution in [2.75, 3.05) is 13.1 Å². The average molecular weight is 412 g/mol. The molecule has 0 spiro atoms. The molecule has 10 heteroatoms. The number of likely N-dealkylation sites (N-methyl/N-ethyl adjacent to an activating group) is 1. The summed E-state index contributed by atoms with van der Waals surface area (Å²) in [7, 11) is -7.93. The molecule has 2 rings (SSSR count). The Kier molecular flexibility index (Phi) is 6.58. The summed E-state index contributed by atoms with van der Waals surface area (Å²) < 4.78 is 55.9. The van der Waals surface area contributed by atoms with Crippen LogP contribution in [0.25, 0.3) is 0 Å². The molecule has 0 aliphatic heterocycles. The summed E-state index contributed by atoms with van der Waals surface area (Å²) in [6, 6.07) is 11.0. The number of rotatable bonds is 8. The van der Waals surface area contributed by atoms with E-state index < -0.39 is 32.6 Å². The predicted molar refractivity (Wildman–Crippen MR) is 99.3 cm³/mol. The van der Waals surface area contributed by atoms with E-state index in [1.165, 1.54) is 36.4 Å². The van der Waals surface area contributed by atoms with E-state index in [2.05, 4.69) is 10.0 Å². The van der Waals surface area contributed by atoms with Crippen molar-refractivity contribution in [1.29, 1.82) is 0 Å².